The fourth-order valence-corrected chi connectivity index (χ4v) is 5.89. The van der Waals surface area contributed by atoms with Gasteiger partial charge in [0.05, 0.1) is 22.9 Å². The van der Waals surface area contributed by atoms with Crippen LogP contribution in [0.5, 0.6) is 5.75 Å². The summed E-state index contributed by atoms with van der Waals surface area (Å²) in [5, 5.41) is 18.4. The number of aromatic carboxylic acids is 1. The molecule has 3 heterocycles. The third kappa shape index (κ3) is 4.19. The van der Waals surface area contributed by atoms with Gasteiger partial charge in [-0.15, -0.1) is 0 Å². The average Bonchev–Trinajstić information content (AvgIpc) is 3.83. The number of carbonyl (C=O) groups is 1. The van der Waals surface area contributed by atoms with Crippen LogP contribution in [0.3, 0.4) is 0 Å². The van der Waals surface area contributed by atoms with Gasteiger partial charge in [-0.05, 0) is 80.2 Å². The first kappa shape index (κ1) is 23.8. The molecule has 1 spiro atoms. The predicted molar refractivity (Wildman–Crippen MR) is 141 cm³/mol. The number of ether oxygens (including phenoxy) is 2. The van der Waals surface area contributed by atoms with Gasteiger partial charge < -0.3 is 24.4 Å². The Morgan fingerprint density at radius 1 is 1.18 bits per heavy atom. The normalized spacial score (nSPS) is 20.8. The lowest BCUT2D eigenvalue weighted by Crippen LogP contribution is -2.37. The maximum atomic E-state index is 11.5. The molecule has 0 amide bonds. The van der Waals surface area contributed by atoms with Crippen LogP contribution in [-0.4, -0.2) is 22.5 Å². The highest BCUT2D eigenvalue weighted by molar-refractivity contribution is 6.36. The second-order valence-corrected chi connectivity index (χ2v) is 11.3. The van der Waals surface area contributed by atoms with Gasteiger partial charge in [-0.1, -0.05) is 34.4 Å². The molecule has 194 valence electrons. The Bertz CT molecular complexity index is 1530. The van der Waals surface area contributed by atoms with Crippen LogP contribution in [-0.2, 0) is 17.8 Å². The van der Waals surface area contributed by atoms with E-state index < -0.39 is 5.97 Å². The number of dihydropyridines is 1. The molecule has 1 atom stereocenters. The van der Waals surface area contributed by atoms with Crippen molar-refractivity contribution in [1.29, 1.82) is 0 Å². The molecule has 7 nitrogen and oxygen atoms in total. The molecule has 2 saturated carbocycles. The maximum Gasteiger partial charge on any atom is 0.335 e. The van der Waals surface area contributed by atoms with Crippen LogP contribution in [0, 0.1) is 5.41 Å². The number of benzene rings is 2. The van der Waals surface area contributed by atoms with Gasteiger partial charge in [0, 0.05) is 27.5 Å². The van der Waals surface area contributed by atoms with Crippen molar-refractivity contribution in [3.05, 3.63) is 92.5 Å². The number of allylic oxidation sites excluding steroid dienone is 2. The smallest absolute Gasteiger partial charge is 0.335 e. The Kier molecular flexibility index (Phi) is 5.58. The van der Waals surface area contributed by atoms with Gasteiger partial charge in [-0.2, -0.15) is 0 Å². The maximum absolute atomic E-state index is 11.5. The molecule has 2 aromatic carbocycles. The molecule has 7 rings (SSSR count). The number of carboxylic acids is 1. The number of rotatable bonds is 6. The van der Waals surface area contributed by atoms with Crippen molar-refractivity contribution in [3.63, 3.8) is 0 Å². The Morgan fingerprint density at radius 3 is 2.76 bits per heavy atom. The number of nitrogens with one attached hydrogen (secondary N) is 1. The lowest BCUT2D eigenvalue weighted by Gasteiger charge is -2.28. The quantitative estimate of drug-likeness (QED) is 0.346. The number of halogens is 2. The lowest BCUT2D eigenvalue weighted by atomic mass is 9.91. The number of nitrogens with zero attached hydrogens (tertiary/aromatic N) is 1. The summed E-state index contributed by atoms with van der Waals surface area (Å²) < 4.78 is 18.4. The molecule has 9 heteroatoms. The monoisotopic (exact) mass is 550 g/mol. The Hall–Kier alpha value is -3.26. The standard InChI is InChI=1S/C29H24Cl2N2O5/c30-18-5-6-19(21(31)12-18)25-20(26(38-33-25)15-1-2-15)14-36-24-8-7-22-27(32-24)29(9-10-29)13-17-4-3-16(28(34)35)11-23(17)37-22/h3-8,11-12,15,24,32H,1-2,9-10,13-14H2,(H,34,35). The van der Waals surface area contributed by atoms with Crippen molar-refractivity contribution >= 4 is 29.2 Å². The molecule has 4 aliphatic rings. The molecule has 2 fully saturated rings. The SMILES string of the molecule is O=C(O)c1ccc2c(c1)OC1=C(NC(OCc3c(-c4ccc(Cl)cc4Cl)noc3C3CC3)C=C1)C1(CC1)C2. The lowest BCUT2D eigenvalue weighted by molar-refractivity contribution is 0.0505. The minimum absolute atomic E-state index is 0.0595. The summed E-state index contributed by atoms with van der Waals surface area (Å²) in [4.78, 5) is 11.5. The van der Waals surface area contributed by atoms with E-state index >= 15 is 0 Å². The molecule has 0 bridgehead atoms. The van der Waals surface area contributed by atoms with E-state index in [1.54, 1.807) is 24.3 Å². The molecule has 0 radical (unpaired) electrons. The summed E-state index contributed by atoms with van der Waals surface area (Å²) in [6.07, 6.45) is 8.44. The largest absolute Gasteiger partial charge is 0.478 e. The number of hydrogen-bond acceptors (Lipinski definition) is 6. The number of hydrogen-bond donors (Lipinski definition) is 2. The van der Waals surface area contributed by atoms with Crippen molar-refractivity contribution in [1.82, 2.24) is 10.5 Å². The predicted octanol–water partition coefficient (Wildman–Crippen LogP) is 6.85. The van der Waals surface area contributed by atoms with Gasteiger partial charge in [0.1, 0.15) is 29.2 Å². The van der Waals surface area contributed by atoms with E-state index in [1.165, 1.54) is 0 Å². The van der Waals surface area contributed by atoms with Crippen LogP contribution in [0.2, 0.25) is 10.0 Å². The van der Waals surface area contributed by atoms with Gasteiger partial charge in [-0.3, -0.25) is 0 Å². The van der Waals surface area contributed by atoms with E-state index in [2.05, 4.69) is 10.5 Å². The minimum Gasteiger partial charge on any atom is -0.478 e. The van der Waals surface area contributed by atoms with Crippen LogP contribution in [0.25, 0.3) is 11.3 Å². The second kappa shape index (κ2) is 8.90. The molecule has 2 aliphatic carbocycles. The Morgan fingerprint density at radius 2 is 2.03 bits per heavy atom. The van der Waals surface area contributed by atoms with Crippen LogP contribution < -0.4 is 10.1 Å². The first-order chi connectivity index (χ1) is 18.4. The zero-order chi connectivity index (χ0) is 26.0. The van der Waals surface area contributed by atoms with Crippen LogP contribution in [0.4, 0.5) is 0 Å². The molecule has 1 unspecified atom stereocenters. The number of aromatic nitrogens is 1. The zero-order valence-corrected chi connectivity index (χ0v) is 21.8. The van der Waals surface area contributed by atoms with Crippen LogP contribution in [0.15, 0.2) is 64.5 Å². The summed E-state index contributed by atoms with van der Waals surface area (Å²) in [6, 6.07) is 10.5. The van der Waals surface area contributed by atoms with E-state index in [0.29, 0.717) is 39.8 Å². The van der Waals surface area contributed by atoms with Gasteiger partial charge >= 0.3 is 5.97 Å². The van der Waals surface area contributed by atoms with Crippen molar-refractivity contribution in [3.8, 4) is 17.0 Å². The van der Waals surface area contributed by atoms with Crippen molar-refractivity contribution in [2.45, 2.75) is 50.9 Å². The van der Waals surface area contributed by atoms with Gasteiger partial charge in [0.2, 0.25) is 0 Å². The minimum atomic E-state index is -0.972. The molecule has 2 N–H and O–H groups in total. The molecular formula is C29H24Cl2N2O5. The first-order valence-corrected chi connectivity index (χ1v) is 13.4. The van der Waals surface area contributed by atoms with E-state index in [1.807, 2.05) is 24.3 Å². The van der Waals surface area contributed by atoms with Crippen LogP contribution in [0.1, 0.15) is 58.8 Å². The Labute approximate surface area is 229 Å². The van der Waals surface area contributed by atoms with Crippen molar-refractivity contribution in [2.75, 3.05) is 0 Å². The molecule has 1 aromatic heterocycles. The molecule has 3 aromatic rings. The third-order valence-corrected chi connectivity index (χ3v) is 8.31. The highest BCUT2D eigenvalue weighted by Gasteiger charge is 2.50. The van der Waals surface area contributed by atoms with Gasteiger partial charge in [0.15, 0.2) is 0 Å². The third-order valence-electron chi connectivity index (χ3n) is 7.76. The van der Waals surface area contributed by atoms with E-state index in [9.17, 15) is 9.90 Å². The fourth-order valence-electron chi connectivity index (χ4n) is 5.39. The molecule has 0 saturated heterocycles. The number of fused-ring (bicyclic) bond motifs is 2. The highest BCUT2D eigenvalue weighted by atomic mass is 35.5. The average molecular weight is 551 g/mol. The first-order valence-electron chi connectivity index (χ1n) is 12.7. The second-order valence-electron chi connectivity index (χ2n) is 10.4. The van der Waals surface area contributed by atoms with Gasteiger partial charge in [0.25, 0.3) is 0 Å². The van der Waals surface area contributed by atoms with Crippen molar-refractivity contribution < 1.29 is 23.9 Å². The molecular weight excluding hydrogens is 527 g/mol. The van der Waals surface area contributed by atoms with Crippen molar-refractivity contribution in [2.24, 2.45) is 5.41 Å². The van der Waals surface area contributed by atoms with Gasteiger partial charge in [-0.25, -0.2) is 4.79 Å². The summed E-state index contributed by atoms with van der Waals surface area (Å²) in [7, 11) is 0. The van der Waals surface area contributed by atoms with E-state index in [4.69, 9.17) is 37.2 Å². The fraction of sp³-hybridized carbons (Fsp3) is 0.310. The summed E-state index contributed by atoms with van der Waals surface area (Å²) >= 11 is 12.6. The summed E-state index contributed by atoms with van der Waals surface area (Å²) in [5.41, 5.74) is 4.51. The number of carboxylic acid groups (broad SMARTS) is 1. The summed E-state index contributed by atoms with van der Waals surface area (Å²) in [5.74, 6) is 1.53. The van der Waals surface area contributed by atoms with E-state index in [-0.39, 0.29) is 17.2 Å². The molecule has 38 heavy (non-hydrogen) atoms. The molecule has 2 aliphatic heterocycles. The summed E-state index contributed by atoms with van der Waals surface area (Å²) in [6.45, 7) is 0.296. The van der Waals surface area contributed by atoms with Crippen LogP contribution >= 0.6 is 23.2 Å². The zero-order valence-electron chi connectivity index (χ0n) is 20.3. The topological polar surface area (TPSA) is 93.8 Å². The Balaban J connectivity index is 1.14. The van der Waals surface area contributed by atoms with E-state index in [0.717, 1.165) is 60.3 Å². The highest BCUT2D eigenvalue weighted by Crippen LogP contribution is 2.57.